The summed E-state index contributed by atoms with van der Waals surface area (Å²) in [7, 11) is 0. The van der Waals surface area contributed by atoms with E-state index in [1.807, 2.05) is 0 Å². The molecular formula is C11H13NO4. The quantitative estimate of drug-likeness (QED) is 0.746. The summed E-state index contributed by atoms with van der Waals surface area (Å²) >= 11 is 0. The van der Waals surface area contributed by atoms with Crippen LogP contribution in [0.2, 0.25) is 0 Å². The first-order valence-electron chi connectivity index (χ1n) is 4.81. The zero-order valence-electron chi connectivity index (χ0n) is 8.93. The Balaban J connectivity index is 2.57. The minimum atomic E-state index is -0.540. The van der Waals surface area contributed by atoms with Crippen molar-refractivity contribution < 1.29 is 19.1 Å². The van der Waals surface area contributed by atoms with E-state index in [1.54, 1.807) is 25.1 Å². The lowest BCUT2D eigenvalue weighted by Crippen LogP contribution is -2.15. The molecule has 86 valence electrons. The van der Waals surface area contributed by atoms with Crippen molar-refractivity contribution in [1.82, 2.24) is 0 Å². The molecule has 0 atom stereocenters. The zero-order valence-corrected chi connectivity index (χ0v) is 8.93. The van der Waals surface area contributed by atoms with Gasteiger partial charge in [0.25, 0.3) is 0 Å². The molecule has 0 aliphatic rings. The summed E-state index contributed by atoms with van der Waals surface area (Å²) in [6.07, 6.45) is 0. The van der Waals surface area contributed by atoms with Crippen LogP contribution >= 0.6 is 0 Å². The number of esters is 1. The number of hydrogen-bond donors (Lipinski definition) is 1. The lowest BCUT2D eigenvalue weighted by molar-refractivity contribution is -0.145. The Morgan fingerprint density at radius 2 is 2.12 bits per heavy atom. The molecule has 1 aromatic carbocycles. The van der Waals surface area contributed by atoms with Gasteiger partial charge in [0.15, 0.2) is 6.61 Å². The Hall–Kier alpha value is -2.04. The van der Waals surface area contributed by atoms with Gasteiger partial charge in [-0.1, -0.05) is 6.07 Å². The Bertz CT molecular complexity index is 389. The van der Waals surface area contributed by atoms with Crippen LogP contribution in [0.25, 0.3) is 0 Å². The van der Waals surface area contributed by atoms with Crippen LogP contribution < -0.4 is 10.5 Å². The maximum absolute atomic E-state index is 11.0. The fraction of sp³-hybridized carbons (Fsp3) is 0.273. The normalized spacial score (nSPS) is 9.56. The van der Waals surface area contributed by atoms with E-state index in [1.165, 1.54) is 6.07 Å². The molecule has 0 saturated carbocycles. The third-order valence-electron chi connectivity index (χ3n) is 1.78. The van der Waals surface area contributed by atoms with Crippen molar-refractivity contribution in [3.05, 3.63) is 29.8 Å². The molecule has 0 bridgehead atoms. The molecule has 16 heavy (non-hydrogen) atoms. The van der Waals surface area contributed by atoms with Crippen molar-refractivity contribution >= 4 is 11.9 Å². The third-order valence-corrected chi connectivity index (χ3v) is 1.78. The van der Waals surface area contributed by atoms with Gasteiger partial charge in [-0.25, -0.2) is 4.79 Å². The summed E-state index contributed by atoms with van der Waals surface area (Å²) in [6.45, 7) is 1.84. The second kappa shape index (κ2) is 5.75. The van der Waals surface area contributed by atoms with Crippen LogP contribution in [-0.2, 0) is 9.53 Å². The van der Waals surface area contributed by atoms with E-state index in [2.05, 4.69) is 4.74 Å². The summed E-state index contributed by atoms with van der Waals surface area (Å²) in [5.41, 5.74) is 5.43. The van der Waals surface area contributed by atoms with Crippen LogP contribution in [0.5, 0.6) is 5.75 Å². The van der Waals surface area contributed by atoms with Crippen LogP contribution in [0, 0.1) is 0 Å². The van der Waals surface area contributed by atoms with Crippen molar-refractivity contribution in [2.24, 2.45) is 5.73 Å². The van der Waals surface area contributed by atoms with Gasteiger partial charge in [-0.15, -0.1) is 0 Å². The lowest BCUT2D eigenvalue weighted by Gasteiger charge is -2.06. The van der Waals surface area contributed by atoms with E-state index in [-0.39, 0.29) is 6.61 Å². The number of benzene rings is 1. The molecule has 5 nitrogen and oxygen atoms in total. The molecular weight excluding hydrogens is 210 g/mol. The third kappa shape index (κ3) is 3.61. The molecule has 1 amide bonds. The van der Waals surface area contributed by atoms with Gasteiger partial charge in [0, 0.05) is 5.56 Å². The van der Waals surface area contributed by atoms with Crippen LogP contribution in [0.1, 0.15) is 17.3 Å². The van der Waals surface area contributed by atoms with Crippen LogP contribution in [0.3, 0.4) is 0 Å². The fourth-order valence-corrected chi connectivity index (χ4v) is 1.08. The monoisotopic (exact) mass is 223 g/mol. The minimum absolute atomic E-state index is 0.184. The number of carbonyl (C=O) groups excluding carboxylic acids is 2. The number of primary amides is 1. The van der Waals surface area contributed by atoms with Gasteiger partial charge in [-0.05, 0) is 25.1 Å². The van der Waals surface area contributed by atoms with Crippen molar-refractivity contribution in [2.45, 2.75) is 6.92 Å². The molecule has 2 N–H and O–H groups in total. The summed E-state index contributed by atoms with van der Waals surface area (Å²) in [5.74, 6) is -0.585. The number of nitrogens with two attached hydrogens (primary N) is 1. The van der Waals surface area contributed by atoms with Gasteiger partial charge >= 0.3 is 5.97 Å². The Morgan fingerprint density at radius 3 is 2.75 bits per heavy atom. The largest absolute Gasteiger partial charge is 0.482 e. The van der Waals surface area contributed by atoms with Crippen molar-refractivity contribution in [2.75, 3.05) is 13.2 Å². The first-order valence-corrected chi connectivity index (χ1v) is 4.81. The van der Waals surface area contributed by atoms with Crippen LogP contribution in [-0.4, -0.2) is 25.1 Å². The van der Waals surface area contributed by atoms with Crippen LogP contribution in [0.15, 0.2) is 24.3 Å². The second-order valence-electron chi connectivity index (χ2n) is 2.99. The topological polar surface area (TPSA) is 78.6 Å². The first kappa shape index (κ1) is 12.0. The summed E-state index contributed by atoms with van der Waals surface area (Å²) in [6, 6.07) is 6.30. The number of hydrogen-bond acceptors (Lipinski definition) is 4. The van der Waals surface area contributed by atoms with Gasteiger partial charge in [-0.3, -0.25) is 4.79 Å². The molecule has 0 unspecified atom stereocenters. The van der Waals surface area contributed by atoms with Crippen LogP contribution in [0.4, 0.5) is 0 Å². The Morgan fingerprint density at radius 1 is 1.38 bits per heavy atom. The van der Waals surface area contributed by atoms with E-state index in [0.29, 0.717) is 17.9 Å². The molecule has 0 aliphatic heterocycles. The SMILES string of the molecule is CCOC(=O)COc1cccc(C(N)=O)c1. The summed E-state index contributed by atoms with van der Waals surface area (Å²) in [5, 5.41) is 0. The van der Waals surface area contributed by atoms with E-state index in [9.17, 15) is 9.59 Å². The van der Waals surface area contributed by atoms with Gasteiger partial charge in [0.1, 0.15) is 5.75 Å². The highest BCUT2D eigenvalue weighted by Gasteiger charge is 2.05. The second-order valence-corrected chi connectivity index (χ2v) is 2.99. The smallest absolute Gasteiger partial charge is 0.344 e. The van der Waals surface area contributed by atoms with Crippen molar-refractivity contribution in [1.29, 1.82) is 0 Å². The molecule has 0 radical (unpaired) electrons. The van der Waals surface area contributed by atoms with E-state index < -0.39 is 11.9 Å². The fourth-order valence-electron chi connectivity index (χ4n) is 1.08. The predicted octanol–water partition coefficient (Wildman–Crippen LogP) is 0.727. The number of ether oxygens (including phenoxy) is 2. The highest BCUT2D eigenvalue weighted by molar-refractivity contribution is 5.93. The Labute approximate surface area is 93.1 Å². The molecule has 0 aromatic heterocycles. The van der Waals surface area contributed by atoms with Gasteiger partial charge in [0.05, 0.1) is 6.61 Å². The number of rotatable bonds is 5. The van der Waals surface area contributed by atoms with E-state index in [0.717, 1.165) is 0 Å². The summed E-state index contributed by atoms with van der Waals surface area (Å²) in [4.78, 5) is 21.9. The number of amides is 1. The molecule has 1 aromatic rings. The van der Waals surface area contributed by atoms with Gasteiger partial charge in [-0.2, -0.15) is 0 Å². The van der Waals surface area contributed by atoms with Crippen molar-refractivity contribution in [3.63, 3.8) is 0 Å². The molecule has 0 spiro atoms. The summed E-state index contributed by atoms with van der Waals surface area (Å²) < 4.78 is 9.81. The molecule has 1 rings (SSSR count). The first-order chi connectivity index (χ1) is 7.63. The van der Waals surface area contributed by atoms with Crippen molar-refractivity contribution in [3.8, 4) is 5.75 Å². The maximum atomic E-state index is 11.0. The predicted molar refractivity (Wildman–Crippen MR) is 57.1 cm³/mol. The molecule has 0 heterocycles. The average Bonchev–Trinajstić information content (AvgIpc) is 2.27. The molecule has 5 heteroatoms. The Kier molecular flexibility index (Phi) is 4.32. The molecule has 0 saturated heterocycles. The maximum Gasteiger partial charge on any atom is 0.344 e. The van der Waals surface area contributed by atoms with E-state index >= 15 is 0 Å². The minimum Gasteiger partial charge on any atom is -0.482 e. The standard InChI is InChI=1S/C11H13NO4/c1-2-15-10(13)7-16-9-5-3-4-8(6-9)11(12)14/h3-6H,2,7H2,1H3,(H2,12,14). The highest BCUT2D eigenvalue weighted by Crippen LogP contribution is 2.12. The average molecular weight is 223 g/mol. The lowest BCUT2D eigenvalue weighted by atomic mass is 10.2. The van der Waals surface area contributed by atoms with Gasteiger partial charge < -0.3 is 15.2 Å². The molecule has 0 aliphatic carbocycles. The molecule has 0 fully saturated rings. The number of carbonyl (C=O) groups is 2. The van der Waals surface area contributed by atoms with Gasteiger partial charge in [0.2, 0.25) is 5.91 Å². The highest BCUT2D eigenvalue weighted by atomic mass is 16.6. The van der Waals surface area contributed by atoms with E-state index in [4.69, 9.17) is 10.5 Å². The zero-order chi connectivity index (χ0) is 12.0.